The minimum atomic E-state index is 0.694. The van der Waals surface area contributed by atoms with Crippen LogP contribution in [0.2, 0.25) is 0 Å². The summed E-state index contributed by atoms with van der Waals surface area (Å²) in [7, 11) is 0. The number of hydrogen-bond donors (Lipinski definition) is 1. The summed E-state index contributed by atoms with van der Waals surface area (Å²) in [4.78, 5) is 4.35. The van der Waals surface area contributed by atoms with Crippen LogP contribution < -0.4 is 0 Å². The Morgan fingerprint density at radius 1 is 1.47 bits per heavy atom. The van der Waals surface area contributed by atoms with Gasteiger partial charge in [0, 0.05) is 11.5 Å². The third-order valence-electron chi connectivity index (χ3n) is 1.90. The lowest BCUT2D eigenvalue weighted by atomic mass is 10.3. The van der Waals surface area contributed by atoms with Crippen LogP contribution in [0.15, 0.2) is 46.1 Å². The van der Waals surface area contributed by atoms with E-state index in [1.807, 2.05) is 24.3 Å². The standard InChI is InChI=1S/C11H11NOS2/c1-8(6-14)7-15-11-12-9-4-2-3-5-10(9)13-11/h2-5,14H,1,6-7H2. The molecule has 0 bridgehead atoms. The molecule has 0 aliphatic heterocycles. The highest BCUT2D eigenvalue weighted by Gasteiger charge is 2.05. The fourth-order valence-electron chi connectivity index (χ4n) is 1.12. The molecule has 4 heteroatoms. The Balaban J connectivity index is 2.12. The second-order valence-electron chi connectivity index (χ2n) is 3.14. The van der Waals surface area contributed by atoms with Crippen molar-refractivity contribution in [3.05, 3.63) is 36.4 Å². The topological polar surface area (TPSA) is 26.0 Å². The molecular weight excluding hydrogens is 226 g/mol. The molecule has 0 amide bonds. The normalized spacial score (nSPS) is 10.7. The van der Waals surface area contributed by atoms with Gasteiger partial charge in [-0.15, -0.1) is 0 Å². The van der Waals surface area contributed by atoms with Gasteiger partial charge in [-0.05, 0) is 12.1 Å². The Labute approximate surface area is 98.2 Å². The van der Waals surface area contributed by atoms with Gasteiger partial charge in [0.2, 0.25) is 0 Å². The molecule has 15 heavy (non-hydrogen) atoms. The van der Waals surface area contributed by atoms with Gasteiger partial charge < -0.3 is 4.42 Å². The molecule has 0 fully saturated rings. The summed E-state index contributed by atoms with van der Waals surface area (Å²) >= 11 is 5.70. The minimum Gasteiger partial charge on any atom is -0.431 e. The third kappa shape index (κ3) is 2.58. The van der Waals surface area contributed by atoms with Crippen molar-refractivity contribution in [1.82, 2.24) is 4.98 Å². The first kappa shape index (κ1) is 10.6. The van der Waals surface area contributed by atoms with Crippen LogP contribution in [0.25, 0.3) is 11.1 Å². The lowest BCUT2D eigenvalue weighted by Gasteiger charge is -1.96. The maximum Gasteiger partial charge on any atom is 0.257 e. The Kier molecular flexibility index (Phi) is 3.38. The number of benzene rings is 1. The van der Waals surface area contributed by atoms with E-state index in [1.165, 1.54) is 0 Å². The first-order chi connectivity index (χ1) is 7.29. The fourth-order valence-corrected chi connectivity index (χ4v) is 2.13. The molecule has 0 atom stereocenters. The van der Waals surface area contributed by atoms with E-state index in [0.29, 0.717) is 11.0 Å². The Hall–Kier alpha value is -0.870. The molecule has 0 saturated heterocycles. The van der Waals surface area contributed by atoms with Crippen molar-refractivity contribution < 1.29 is 4.42 Å². The van der Waals surface area contributed by atoms with Gasteiger partial charge in [-0.3, -0.25) is 0 Å². The number of nitrogens with zero attached hydrogens (tertiary/aromatic N) is 1. The predicted octanol–water partition coefficient (Wildman–Crippen LogP) is 3.41. The van der Waals surface area contributed by atoms with E-state index in [1.54, 1.807) is 11.8 Å². The number of rotatable bonds is 4. The van der Waals surface area contributed by atoms with E-state index in [0.717, 1.165) is 22.4 Å². The Bertz CT molecular complexity index is 445. The summed E-state index contributed by atoms with van der Waals surface area (Å²) in [5, 5.41) is 0.694. The van der Waals surface area contributed by atoms with Gasteiger partial charge in [0.15, 0.2) is 5.58 Å². The van der Waals surface area contributed by atoms with Gasteiger partial charge in [-0.25, -0.2) is 4.98 Å². The zero-order chi connectivity index (χ0) is 10.7. The SMILES string of the molecule is C=C(CS)CSc1nc2ccccc2o1. The van der Waals surface area contributed by atoms with Gasteiger partial charge in [0.1, 0.15) is 5.52 Å². The molecule has 1 aromatic heterocycles. The first-order valence-electron chi connectivity index (χ1n) is 4.55. The largest absolute Gasteiger partial charge is 0.431 e. The molecule has 0 radical (unpaired) electrons. The van der Waals surface area contributed by atoms with Crippen LogP contribution in [0.5, 0.6) is 0 Å². The van der Waals surface area contributed by atoms with Crippen molar-refractivity contribution in [1.29, 1.82) is 0 Å². The van der Waals surface area contributed by atoms with Crippen LogP contribution >= 0.6 is 24.4 Å². The molecule has 2 nitrogen and oxygen atoms in total. The van der Waals surface area contributed by atoms with Gasteiger partial charge in [0.25, 0.3) is 5.22 Å². The number of oxazole rings is 1. The molecule has 0 unspecified atom stereocenters. The summed E-state index contributed by atoms with van der Waals surface area (Å²) < 4.78 is 5.55. The Morgan fingerprint density at radius 2 is 2.27 bits per heavy atom. The first-order valence-corrected chi connectivity index (χ1v) is 6.17. The maximum atomic E-state index is 5.55. The molecule has 0 N–H and O–H groups in total. The number of hydrogen-bond acceptors (Lipinski definition) is 4. The quantitative estimate of drug-likeness (QED) is 0.501. The highest BCUT2D eigenvalue weighted by molar-refractivity contribution is 7.99. The van der Waals surface area contributed by atoms with Gasteiger partial charge >= 0.3 is 0 Å². The van der Waals surface area contributed by atoms with Crippen LogP contribution in [0.3, 0.4) is 0 Å². The second kappa shape index (κ2) is 4.77. The monoisotopic (exact) mass is 237 g/mol. The van der Waals surface area contributed by atoms with Gasteiger partial charge in [0.05, 0.1) is 0 Å². The van der Waals surface area contributed by atoms with Crippen molar-refractivity contribution >= 4 is 35.5 Å². The zero-order valence-corrected chi connectivity index (χ0v) is 9.85. The van der Waals surface area contributed by atoms with E-state index >= 15 is 0 Å². The number of para-hydroxylation sites is 2. The lowest BCUT2D eigenvalue weighted by molar-refractivity contribution is 0.490. The summed E-state index contributed by atoms with van der Waals surface area (Å²) in [5.41, 5.74) is 2.80. The van der Waals surface area contributed by atoms with Crippen molar-refractivity contribution in [2.45, 2.75) is 5.22 Å². The average Bonchev–Trinajstić information content (AvgIpc) is 2.68. The van der Waals surface area contributed by atoms with Crippen LogP contribution in [0.4, 0.5) is 0 Å². The maximum absolute atomic E-state index is 5.55. The molecular formula is C11H11NOS2. The van der Waals surface area contributed by atoms with Crippen LogP contribution in [0, 0.1) is 0 Å². The molecule has 2 aromatic rings. The van der Waals surface area contributed by atoms with Crippen LogP contribution in [-0.2, 0) is 0 Å². The molecule has 1 aromatic carbocycles. The lowest BCUT2D eigenvalue weighted by Crippen LogP contribution is -1.86. The average molecular weight is 237 g/mol. The third-order valence-corrected chi connectivity index (χ3v) is 3.32. The second-order valence-corrected chi connectivity index (χ2v) is 4.39. The molecule has 0 spiro atoms. The molecule has 0 aliphatic carbocycles. The smallest absolute Gasteiger partial charge is 0.257 e. The molecule has 2 rings (SSSR count). The molecule has 0 aliphatic rings. The highest BCUT2D eigenvalue weighted by atomic mass is 32.2. The number of thioether (sulfide) groups is 1. The van der Waals surface area contributed by atoms with Crippen LogP contribution in [0.1, 0.15) is 0 Å². The van der Waals surface area contributed by atoms with Gasteiger partial charge in [-0.2, -0.15) is 12.6 Å². The van der Waals surface area contributed by atoms with E-state index in [9.17, 15) is 0 Å². The van der Waals surface area contributed by atoms with Crippen molar-refractivity contribution in [2.75, 3.05) is 11.5 Å². The number of fused-ring (bicyclic) bond motifs is 1. The summed E-state index contributed by atoms with van der Waals surface area (Å²) in [6.07, 6.45) is 0. The summed E-state index contributed by atoms with van der Waals surface area (Å²) in [6, 6.07) is 7.75. The van der Waals surface area contributed by atoms with Gasteiger partial charge in [-0.1, -0.05) is 36.0 Å². The predicted molar refractivity (Wildman–Crippen MR) is 67.7 cm³/mol. The van der Waals surface area contributed by atoms with Crippen molar-refractivity contribution in [3.8, 4) is 0 Å². The van der Waals surface area contributed by atoms with E-state index in [2.05, 4.69) is 24.2 Å². The van der Waals surface area contributed by atoms with Crippen molar-refractivity contribution in [2.24, 2.45) is 0 Å². The highest BCUT2D eigenvalue weighted by Crippen LogP contribution is 2.24. The molecule has 0 saturated carbocycles. The summed E-state index contributed by atoms with van der Waals surface area (Å²) in [5.74, 6) is 1.50. The number of aromatic nitrogens is 1. The van der Waals surface area contributed by atoms with Crippen LogP contribution in [-0.4, -0.2) is 16.5 Å². The molecule has 1 heterocycles. The number of thiol groups is 1. The van der Waals surface area contributed by atoms with Crippen molar-refractivity contribution in [3.63, 3.8) is 0 Å². The Morgan fingerprint density at radius 3 is 3.00 bits per heavy atom. The molecule has 78 valence electrons. The van der Waals surface area contributed by atoms with E-state index < -0.39 is 0 Å². The van der Waals surface area contributed by atoms with E-state index in [4.69, 9.17) is 4.42 Å². The fraction of sp³-hybridized carbons (Fsp3) is 0.182. The zero-order valence-electron chi connectivity index (χ0n) is 8.14. The minimum absolute atomic E-state index is 0.694. The summed E-state index contributed by atoms with van der Waals surface area (Å²) in [6.45, 7) is 3.88. The van der Waals surface area contributed by atoms with E-state index in [-0.39, 0.29) is 0 Å².